The molecule has 0 aliphatic heterocycles. The first-order valence-corrected chi connectivity index (χ1v) is 8.41. The number of hydrogen-bond donors (Lipinski definition) is 0. The van der Waals surface area contributed by atoms with Gasteiger partial charge in [0.2, 0.25) is 0 Å². The van der Waals surface area contributed by atoms with Crippen molar-refractivity contribution in [2.45, 2.75) is 18.8 Å². The van der Waals surface area contributed by atoms with Crippen LogP contribution in [-0.4, -0.2) is 10.2 Å². The van der Waals surface area contributed by atoms with E-state index >= 15 is 0 Å². The number of nitrogens with zero attached hydrogens (tertiary/aromatic N) is 2. The Morgan fingerprint density at radius 3 is 2.62 bits per heavy atom. The summed E-state index contributed by atoms with van der Waals surface area (Å²) in [6, 6.07) is 12.6. The van der Waals surface area contributed by atoms with Gasteiger partial charge in [-0.3, -0.25) is 0 Å². The molecule has 3 aromatic rings. The number of aromatic nitrogens is 2. The maximum Gasteiger partial charge on any atom is 0.316 e. The van der Waals surface area contributed by atoms with Gasteiger partial charge >= 0.3 is 5.22 Å². The molecule has 0 atom stereocenters. The fraction of sp³-hybridized carbons (Fsp3) is 0.125. The Bertz CT molecular complexity index is 824. The number of ether oxygens (including phenoxy) is 1. The molecule has 0 aliphatic rings. The Balaban J connectivity index is 1.54. The van der Waals surface area contributed by atoms with Gasteiger partial charge in [-0.15, -0.1) is 5.10 Å². The molecule has 0 fully saturated rings. The Kier molecular flexibility index (Phi) is 5.50. The zero-order valence-corrected chi connectivity index (χ0v) is 14.9. The van der Waals surface area contributed by atoms with Gasteiger partial charge in [0.25, 0.3) is 5.89 Å². The van der Waals surface area contributed by atoms with Crippen molar-refractivity contribution in [3.63, 3.8) is 0 Å². The van der Waals surface area contributed by atoms with Crippen LogP contribution in [0.4, 0.5) is 0 Å². The summed E-state index contributed by atoms with van der Waals surface area (Å²) < 4.78 is 16.5. The van der Waals surface area contributed by atoms with Crippen molar-refractivity contribution in [3.05, 3.63) is 64.0 Å². The predicted octanol–water partition coefficient (Wildman–Crippen LogP) is 5.35. The minimum Gasteiger partial charge on any atom is -0.484 e. The zero-order valence-electron chi connectivity index (χ0n) is 12.5. The lowest BCUT2D eigenvalue weighted by molar-refractivity contribution is 0.251. The summed E-state index contributed by atoms with van der Waals surface area (Å²) in [5, 5.41) is 8.96. The van der Waals surface area contributed by atoms with E-state index in [0.717, 1.165) is 23.4 Å². The highest BCUT2D eigenvalue weighted by Crippen LogP contribution is 2.31. The lowest BCUT2D eigenvalue weighted by atomic mass is 10.2. The van der Waals surface area contributed by atoms with E-state index in [-0.39, 0.29) is 11.8 Å². The summed E-state index contributed by atoms with van der Waals surface area (Å²) in [4.78, 5) is 0. The third-order valence-corrected chi connectivity index (χ3v) is 4.03. The average molecular weight is 383 g/mol. The van der Waals surface area contributed by atoms with Crippen molar-refractivity contribution < 1.29 is 13.3 Å². The lowest BCUT2D eigenvalue weighted by Gasteiger charge is -2.03. The second-order valence-corrected chi connectivity index (χ2v) is 6.33. The number of benzene rings is 2. The van der Waals surface area contributed by atoms with E-state index in [1.165, 1.54) is 0 Å². The first kappa shape index (κ1) is 17.0. The number of halogens is 2. The van der Waals surface area contributed by atoms with Crippen molar-refractivity contribution in [1.29, 1.82) is 0 Å². The van der Waals surface area contributed by atoms with Crippen molar-refractivity contribution >= 4 is 35.2 Å². The molecule has 0 N–H and O–H groups in total. The second kappa shape index (κ2) is 7.79. The third kappa shape index (κ3) is 4.56. The largest absolute Gasteiger partial charge is 0.484 e. The SMILES string of the molecule is Cc1ccc(OCc2nnc(SOc3ccc(Cl)cc3Cl)o2)cc1. The van der Waals surface area contributed by atoms with Crippen LogP contribution in [0.2, 0.25) is 10.0 Å². The molecule has 1 heterocycles. The van der Waals surface area contributed by atoms with Crippen LogP contribution < -0.4 is 8.92 Å². The molecule has 0 radical (unpaired) electrons. The number of aryl methyl sites for hydroxylation is 1. The van der Waals surface area contributed by atoms with E-state index in [1.807, 2.05) is 31.2 Å². The van der Waals surface area contributed by atoms with E-state index in [2.05, 4.69) is 10.2 Å². The molecular weight excluding hydrogens is 371 g/mol. The van der Waals surface area contributed by atoms with Crippen LogP contribution in [0.1, 0.15) is 11.5 Å². The predicted molar refractivity (Wildman–Crippen MR) is 92.8 cm³/mol. The number of rotatable bonds is 6. The van der Waals surface area contributed by atoms with E-state index in [4.69, 9.17) is 36.5 Å². The topological polar surface area (TPSA) is 57.4 Å². The van der Waals surface area contributed by atoms with Gasteiger partial charge in [0.15, 0.2) is 24.4 Å². The lowest BCUT2D eigenvalue weighted by Crippen LogP contribution is -1.95. The molecule has 8 heteroatoms. The summed E-state index contributed by atoms with van der Waals surface area (Å²) in [7, 11) is 0. The van der Waals surface area contributed by atoms with Gasteiger partial charge in [-0.1, -0.05) is 46.0 Å². The quantitative estimate of drug-likeness (QED) is 0.535. The standard InChI is InChI=1S/C16H12Cl2N2O3S/c1-10-2-5-12(6-3-10)21-9-15-19-20-16(22-15)24-23-14-7-4-11(17)8-13(14)18/h2-8H,9H2,1H3. The monoisotopic (exact) mass is 382 g/mol. The van der Waals surface area contributed by atoms with Crippen LogP contribution in [0.15, 0.2) is 52.1 Å². The first-order chi connectivity index (χ1) is 11.6. The van der Waals surface area contributed by atoms with Crippen molar-refractivity contribution in [1.82, 2.24) is 10.2 Å². The average Bonchev–Trinajstić information content (AvgIpc) is 3.01. The maximum absolute atomic E-state index is 6.02. The normalized spacial score (nSPS) is 10.6. The molecule has 124 valence electrons. The van der Waals surface area contributed by atoms with E-state index < -0.39 is 0 Å². The molecule has 0 amide bonds. The Morgan fingerprint density at radius 2 is 1.88 bits per heavy atom. The summed E-state index contributed by atoms with van der Waals surface area (Å²) in [5.41, 5.74) is 1.16. The van der Waals surface area contributed by atoms with Crippen LogP contribution >= 0.6 is 35.2 Å². The molecule has 0 bridgehead atoms. The molecule has 0 spiro atoms. The van der Waals surface area contributed by atoms with Gasteiger partial charge in [-0.2, -0.15) is 0 Å². The Hall–Kier alpha value is -1.89. The van der Waals surface area contributed by atoms with E-state index in [0.29, 0.717) is 21.7 Å². The van der Waals surface area contributed by atoms with Crippen LogP contribution in [-0.2, 0) is 6.61 Å². The van der Waals surface area contributed by atoms with Gasteiger partial charge < -0.3 is 13.3 Å². The van der Waals surface area contributed by atoms with Gasteiger partial charge in [0.1, 0.15) is 5.75 Å². The Morgan fingerprint density at radius 1 is 1.08 bits per heavy atom. The molecule has 0 aliphatic carbocycles. The van der Waals surface area contributed by atoms with Crippen LogP contribution in [0.25, 0.3) is 0 Å². The van der Waals surface area contributed by atoms with Crippen molar-refractivity contribution in [2.24, 2.45) is 0 Å². The minimum atomic E-state index is 0.179. The maximum atomic E-state index is 6.02. The van der Waals surface area contributed by atoms with E-state index in [9.17, 15) is 0 Å². The summed E-state index contributed by atoms with van der Waals surface area (Å²) in [6.45, 7) is 2.19. The summed E-state index contributed by atoms with van der Waals surface area (Å²) >= 11 is 12.8. The van der Waals surface area contributed by atoms with Gasteiger partial charge in [-0.25, -0.2) is 0 Å². The minimum absolute atomic E-state index is 0.179. The second-order valence-electron chi connectivity index (χ2n) is 4.80. The molecule has 24 heavy (non-hydrogen) atoms. The fourth-order valence-electron chi connectivity index (χ4n) is 1.73. The zero-order chi connectivity index (χ0) is 16.9. The highest BCUT2D eigenvalue weighted by atomic mass is 35.5. The van der Waals surface area contributed by atoms with Crippen molar-refractivity contribution in [2.75, 3.05) is 0 Å². The smallest absolute Gasteiger partial charge is 0.316 e. The summed E-state index contributed by atoms with van der Waals surface area (Å²) in [6.07, 6.45) is 0. The number of hydrogen-bond acceptors (Lipinski definition) is 6. The van der Waals surface area contributed by atoms with Crippen LogP contribution in [0.3, 0.4) is 0 Å². The highest BCUT2D eigenvalue weighted by Gasteiger charge is 2.11. The molecule has 3 rings (SSSR count). The first-order valence-electron chi connectivity index (χ1n) is 6.91. The molecule has 0 saturated carbocycles. The molecule has 0 saturated heterocycles. The van der Waals surface area contributed by atoms with Crippen molar-refractivity contribution in [3.8, 4) is 11.5 Å². The molecule has 1 aromatic heterocycles. The van der Waals surface area contributed by atoms with Crippen LogP contribution in [0.5, 0.6) is 11.5 Å². The highest BCUT2D eigenvalue weighted by molar-refractivity contribution is 7.94. The molecule has 5 nitrogen and oxygen atoms in total. The Labute approximate surface area is 153 Å². The molecule has 2 aromatic carbocycles. The van der Waals surface area contributed by atoms with Crippen LogP contribution in [0, 0.1) is 6.92 Å². The third-order valence-electron chi connectivity index (χ3n) is 2.93. The summed E-state index contributed by atoms with van der Waals surface area (Å²) in [5.74, 6) is 1.54. The van der Waals surface area contributed by atoms with Gasteiger partial charge in [-0.05, 0) is 37.3 Å². The van der Waals surface area contributed by atoms with Gasteiger partial charge in [0.05, 0.1) is 5.02 Å². The fourth-order valence-corrected chi connectivity index (χ4v) is 2.74. The van der Waals surface area contributed by atoms with E-state index in [1.54, 1.807) is 18.2 Å². The molecular formula is C16H12Cl2N2O3S. The van der Waals surface area contributed by atoms with Gasteiger partial charge in [0, 0.05) is 5.02 Å². The molecule has 0 unspecified atom stereocenters.